The molecular formula is C16H18F4O2. The first-order valence-corrected chi connectivity index (χ1v) is 7.69. The maximum absolute atomic E-state index is 14.5. The molecule has 0 amide bonds. The van der Waals surface area contributed by atoms with Crippen LogP contribution in [0.1, 0.15) is 56.4 Å². The molecule has 0 heterocycles. The molecule has 0 aliphatic heterocycles. The molecule has 0 spiro atoms. The lowest BCUT2D eigenvalue weighted by molar-refractivity contribution is -0.276. The molecule has 122 valence electrons. The Morgan fingerprint density at radius 1 is 0.955 bits per heavy atom. The van der Waals surface area contributed by atoms with E-state index in [9.17, 15) is 17.6 Å². The standard InChI is InChI=1S/C16H18F4O2/c17-14-12(10-4-3-5-10)8-9-13(15(14)22-16(18,19)20)21-11-6-1-2-7-11/h8-11H,1-7H2. The molecule has 1 aromatic carbocycles. The third-order valence-electron chi connectivity index (χ3n) is 4.45. The minimum Gasteiger partial charge on any atom is -0.486 e. The van der Waals surface area contributed by atoms with Gasteiger partial charge in [-0.3, -0.25) is 0 Å². The van der Waals surface area contributed by atoms with Crippen LogP contribution in [0.25, 0.3) is 0 Å². The molecule has 0 unspecified atom stereocenters. The summed E-state index contributed by atoms with van der Waals surface area (Å²) in [5.41, 5.74) is 0.296. The van der Waals surface area contributed by atoms with Crippen molar-refractivity contribution in [3.63, 3.8) is 0 Å². The fourth-order valence-electron chi connectivity index (χ4n) is 3.08. The van der Waals surface area contributed by atoms with Crippen LogP contribution >= 0.6 is 0 Å². The average Bonchev–Trinajstić information content (AvgIpc) is 2.86. The smallest absolute Gasteiger partial charge is 0.486 e. The van der Waals surface area contributed by atoms with Gasteiger partial charge in [0.15, 0.2) is 11.6 Å². The van der Waals surface area contributed by atoms with E-state index in [1.54, 1.807) is 0 Å². The molecule has 0 N–H and O–H groups in total. The van der Waals surface area contributed by atoms with E-state index in [4.69, 9.17) is 4.74 Å². The van der Waals surface area contributed by atoms with E-state index in [2.05, 4.69) is 4.74 Å². The molecule has 2 aliphatic rings. The van der Waals surface area contributed by atoms with Gasteiger partial charge in [-0.1, -0.05) is 12.5 Å². The zero-order valence-corrected chi connectivity index (χ0v) is 12.1. The van der Waals surface area contributed by atoms with Crippen LogP contribution in [0.3, 0.4) is 0 Å². The monoisotopic (exact) mass is 318 g/mol. The number of halogens is 4. The Bertz CT molecular complexity index is 532. The second kappa shape index (κ2) is 5.97. The molecule has 0 saturated heterocycles. The van der Waals surface area contributed by atoms with E-state index in [0.717, 1.165) is 44.9 Å². The first-order chi connectivity index (χ1) is 10.4. The van der Waals surface area contributed by atoms with Crippen LogP contribution in [0, 0.1) is 5.82 Å². The maximum Gasteiger partial charge on any atom is 0.573 e. The predicted octanol–water partition coefficient (Wildman–Crippen LogP) is 5.31. The summed E-state index contributed by atoms with van der Waals surface area (Å²) in [5.74, 6) is -1.91. The van der Waals surface area contributed by atoms with Crippen LogP contribution in [0.4, 0.5) is 17.6 Å². The lowest BCUT2D eigenvalue weighted by atomic mass is 9.80. The van der Waals surface area contributed by atoms with Gasteiger partial charge >= 0.3 is 6.36 Å². The van der Waals surface area contributed by atoms with Gasteiger partial charge in [0, 0.05) is 0 Å². The lowest BCUT2D eigenvalue weighted by Gasteiger charge is -2.27. The van der Waals surface area contributed by atoms with E-state index in [1.165, 1.54) is 12.1 Å². The molecule has 0 aromatic heterocycles. The highest BCUT2D eigenvalue weighted by atomic mass is 19.4. The highest BCUT2D eigenvalue weighted by Gasteiger charge is 2.36. The van der Waals surface area contributed by atoms with Crippen LogP contribution in [-0.4, -0.2) is 12.5 Å². The van der Waals surface area contributed by atoms with Crippen molar-refractivity contribution in [2.24, 2.45) is 0 Å². The summed E-state index contributed by atoms with van der Waals surface area (Å²) < 4.78 is 61.8. The average molecular weight is 318 g/mol. The van der Waals surface area contributed by atoms with Crippen LogP contribution in [0.2, 0.25) is 0 Å². The van der Waals surface area contributed by atoms with Gasteiger partial charge in [0.05, 0.1) is 6.10 Å². The molecular weight excluding hydrogens is 300 g/mol. The second-order valence-corrected chi connectivity index (χ2v) is 6.00. The topological polar surface area (TPSA) is 18.5 Å². The SMILES string of the molecule is Fc1c(C2CCC2)ccc(OC2CCCC2)c1OC(F)(F)F. The van der Waals surface area contributed by atoms with Crippen LogP contribution in [-0.2, 0) is 0 Å². The van der Waals surface area contributed by atoms with Crippen molar-refractivity contribution in [1.29, 1.82) is 0 Å². The zero-order chi connectivity index (χ0) is 15.7. The molecule has 0 atom stereocenters. The number of ether oxygens (including phenoxy) is 2. The van der Waals surface area contributed by atoms with Gasteiger partial charge < -0.3 is 9.47 Å². The second-order valence-electron chi connectivity index (χ2n) is 6.00. The zero-order valence-electron chi connectivity index (χ0n) is 12.1. The molecule has 2 fully saturated rings. The first-order valence-electron chi connectivity index (χ1n) is 7.69. The number of alkyl halides is 3. The summed E-state index contributed by atoms with van der Waals surface area (Å²) in [4.78, 5) is 0. The van der Waals surface area contributed by atoms with Crippen molar-refractivity contribution in [3.8, 4) is 11.5 Å². The van der Waals surface area contributed by atoms with Crippen LogP contribution < -0.4 is 9.47 Å². The lowest BCUT2D eigenvalue weighted by Crippen LogP contribution is -2.21. The molecule has 6 heteroatoms. The van der Waals surface area contributed by atoms with Gasteiger partial charge in [-0.25, -0.2) is 4.39 Å². The summed E-state index contributed by atoms with van der Waals surface area (Å²) >= 11 is 0. The van der Waals surface area contributed by atoms with E-state index in [0.29, 0.717) is 5.56 Å². The van der Waals surface area contributed by atoms with Gasteiger partial charge in [-0.05, 0) is 56.1 Å². The Hall–Kier alpha value is -1.46. The molecule has 3 rings (SSSR count). The Labute approximate surface area is 126 Å². The van der Waals surface area contributed by atoms with Gasteiger partial charge in [0.2, 0.25) is 5.75 Å². The Morgan fingerprint density at radius 2 is 1.64 bits per heavy atom. The molecule has 2 aliphatic carbocycles. The van der Waals surface area contributed by atoms with Gasteiger partial charge in [0.25, 0.3) is 0 Å². The van der Waals surface area contributed by atoms with E-state index in [-0.39, 0.29) is 17.8 Å². The fourth-order valence-corrected chi connectivity index (χ4v) is 3.08. The van der Waals surface area contributed by atoms with Crippen LogP contribution in [0.15, 0.2) is 12.1 Å². The number of rotatable bonds is 4. The predicted molar refractivity (Wildman–Crippen MR) is 72.6 cm³/mol. The number of hydrogen-bond acceptors (Lipinski definition) is 2. The minimum atomic E-state index is -4.94. The summed E-state index contributed by atoms with van der Waals surface area (Å²) in [6.07, 6.45) is 0.966. The quantitative estimate of drug-likeness (QED) is 0.700. The van der Waals surface area contributed by atoms with Crippen molar-refractivity contribution in [1.82, 2.24) is 0 Å². The van der Waals surface area contributed by atoms with Gasteiger partial charge in [0.1, 0.15) is 0 Å². The number of hydrogen-bond donors (Lipinski definition) is 0. The summed E-state index contributed by atoms with van der Waals surface area (Å²) in [5, 5.41) is 0. The largest absolute Gasteiger partial charge is 0.573 e. The van der Waals surface area contributed by atoms with E-state index >= 15 is 0 Å². The molecule has 0 radical (unpaired) electrons. The third-order valence-corrected chi connectivity index (χ3v) is 4.45. The highest BCUT2D eigenvalue weighted by Crippen LogP contribution is 2.44. The first kappa shape index (κ1) is 15.4. The molecule has 2 nitrogen and oxygen atoms in total. The molecule has 22 heavy (non-hydrogen) atoms. The number of benzene rings is 1. The molecule has 2 saturated carbocycles. The van der Waals surface area contributed by atoms with E-state index in [1.807, 2.05) is 0 Å². The van der Waals surface area contributed by atoms with Crippen molar-refractivity contribution in [3.05, 3.63) is 23.5 Å². The van der Waals surface area contributed by atoms with Crippen molar-refractivity contribution in [2.75, 3.05) is 0 Å². The maximum atomic E-state index is 14.5. The van der Waals surface area contributed by atoms with Crippen LogP contribution in [0.5, 0.6) is 11.5 Å². The Morgan fingerprint density at radius 3 is 2.18 bits per heavy atom. The minimum absolute atomic E-state index is 0.0175. The van der Waals surface area contributed by atoms with Crippen molar-refractivity contribution < 1.29 is 27.0 Å². The summed E-state index contributed by atoms with van der Waals surface area (Å²) in [6.45, 7) is 0. The summed E-state index contributed by atoms with van der Waals surface area (Å²) in [6, 6.07) is 2.95. The van der Waals surface area contributed by atoms with Gasteiger partial charge in [-0.15, -0.1) is 13.2 Å². The van der Waals surface area contributed by atoms with E-state index < -0.39 is 17.9 Å². The van der Waals surface area contributed by atoms with Crippen molar-refractivity contribution in [2.45, 2.75) is 63.3 Å². The van der Waals surface area contributed by atoms with Gasteiger partial charge in [-0.2, -0.15) is 0 Å². The highest BCUT2D eigenvalue weighted by molar-refractivity contribution is 5.46. The normalized spacial score (nSPS) is 20.0. The Kier molecular flexibility index (Phi) is 4.19. The Balaban J connectivity index is 1.90. The third kappa shape index (κ3) is 3.31. The fraction of sp³-hybridized carbons (Fsp3) is 0.625. The summed E-state index contributed by atoms with van der Waals surface area (Å²) in [7, 11) is 0. The molecule has 1 aromatic rings. The van der Waals surface area contributed by atoms with Crippen molar-refractivity contribution >= 4 is 0 Å². The molecule has 0 bridgehead atoms.